The lowest BCUT2D eigenvalue weighted by molar-refractivity contribution is 0.0391. The SMILES string of the molecule is COc1c(C)cnc(CN(CCN2CCOCC2)c2cc(Cl)nc(N)n2)c1C. The molecule has 9 heteroatoms. The molecule has 0 radical (unpaired) electrons. The van der Waals surface area contributed by atoms with Gasteiger partial charge in [0.25, 0.3) is 0 Å². The molecule has 2 N–H and O–H groups in total. The topological polar surface area (TPSA) is 89.6 Å². The molecule has 152 valence electrons. The molecule has 0 spiro atoms. The van der Waals surface area contributed by atoms with E-state index >= 15 is 0 Å². The van der Waals surface area contributed by atoms with Gasteiger partial charge in [-0.2, -0.15) is 4.98 Å². The fourth-order valence-corrected chi connectivity index (χ4v) is 3.54. The molecule has 28 heavy (non-hydrogen) atoms. The molecule has 0 atom stereocenters. The predicted molar refractivity (Wildman–Crippen MR) is 110 cm³/mol. The van der Waals surface area contributed by atoms with Gasteiger partial charge in [0.15, 0.2) is 0 Å². The minimum atomic E-state index is 0.157. The van der Waals surface area contributed by atoms with Gasteiger partial charge in [-0.15, -0.1) is 0 Å². The Morgan fingerprint density at radius 3 is 2.71 bits per heavy atom. The van der Waals surface area contributed by atoms with Crippen molar-refractivity contribution in [1.82, 2.24) is 19.9 Å². The molecule has 2 aromatic rings. The van der Waals surface area contributed by atoms with Crippen LogP contribution in [0.15, 0.2) is 12.3 Å². The van der Waals surface area contributed by atoms with E-state index in [1.165, 1.54) is 0 Å². The monoisotopic (exact) mass is 406 g/mol. The summed E-state index contributed by atoms with van der Waals surface area (Å²) in [4.78, 5) is 17.5. The predicted octanol–water partition coefficient (Wildman–Crippen LogP) is 2.07. The molecule has 2 aromatic heterocycles. The van der Waals surface area contributed by atoms with Crippen molar-refractivity contribution in [1.29, 1.82) is 0 Å². The van der Waals surface area contributed by atoms with Gasteiger partial charge < -0.3 is 20.1 Å². The zero-order chi connectivity index (χ0) is 20.1. The molecular formula is C19H27ClN6O2. The third kappa shape index (κ3) is 5.01. The number of methoxy groups -OCH3 is 1. The lowest BCUT2D eigenvalue weighted by Gasteiger charge is -2.31. The first-order valence-electron chi connectivity index (χ1n) is 9.32. The Hall–Kier alpha value is -2.16. The smallest absolute Gasteiger partial charge is 0.223 e. The summed E-state index contributed by atoms with van der Waals surface area (Å²) >= 11 is 6.13. The van der Waals surface area contributed by atoms with Gasteiger partial charge in [-0.05, 0) is 13.8 Å². The van der Waals surface area contributed by atoms with Crippen LogP contribution in [0.25, 0.3) is 0 Å². The van der Waals surface area contributed by atoms with Gasteiger partial charge in [-0.1, -0.05) is 11.6 Å². The van der Waals surface area contributed by atoms with Crippen molar-refractivity contribution >= 4 is 23.4 Å². The number of nitrogens with zero attached hydrogens (tertiary/aromatic N) is 5. The lowest BCUT2D eigenvalue weighted by atomic mass is 10.1. The number of ether oxygens (including phenoxy) is 2. The van der Waals surface area contributed by atoms with Crippen LogP contribution in [-0.4, -0.2) is 66.4 Å². The Morgan fingerprint density at radius 2 is 2.04 bits per heavy atom. The summed E-state index contributed by atoms with van der Waals surface area (Å²) in [6.45, 7) is 9.60. The molecule has 0 unspecified atom stereocenters. The normalized spacial score (nSPS) is 14.9. The van der Waals surface area contributed by atoms with E-state index < -0.39 is 0 Å². The number of hydrogen-bond donors (Lipinski definition) is 1. The van der Waals surface area contributed by atoms with Crippen LogP contribution in [0.4, 0.5) is 11.8 Å². The van der Waals surface area contributed by atoms with Crippen molar-refractivity contribution < 1.29 is 9.47 Å². The second kappa shape index (κ2) is 9.36. The third-order valence-corrected chi connectivity index (χ3v) is 5.10. The van der Waals surface area contributed by atoms with Crippen LogP contribution < -0.4 is 15.4 Å². The first-order chi connectivity index (χ1) is 13.5. The van der Waals surface area contributed by atoms with Gasteiger partial charge >= 0.3 is 0 Å². The zero-order valence-electron chi connectivity index (χ0n) is 16.6. The molecule has 3 rings (SSSR count). The number of hydrogen-bond acceptors (Lipinski definition) is 8. The van der Waals surface area contributed by atoms with Crippen LogP contribution in [0.2, 0.25) is 5.15 Å². The number of aromatic nitrogens is 3. The fourth-order valence-electron chi connectivity index (χ4n) is 3.36. The number of rotatable bonds is 7. The summed E-state index contributed by atoms with van der Waals surface area (Å²) in [5.74, 6) is 1.70. The fraction of sp³-hybridized carbons (Fsp3) is 0.526. The summed E-state index contributed by atoms with van der Waals surface area (Å²) in [5.41, 5.74) is 8.79. The highest BCUT2D eigenvalue weighted by Gasteiger charge is 2.18. The van der Waals surface area contributed by atoms with E-state index in [-0.39, 0.29) is 5.95 Å². The molecule has 3 heterocycles. The second-order valence-electron chi connectivity index (χ2n) is 6.83. The standard InChI is InChI=1S/C19H27ClN6O2/c1-13-11-22-15(14(2)18(13)27-3)12-26(5-4-25-6-8-28-9-7-25)17-10-16(20)23-19(21)24-17/h10-11H,4-9,12H2,1-3H3,(H2,21,23,24). The van der Waals surface area contributed by atoms with Crippen LogP contribution in [0.3, 0.4) is 0 Å². The van der Waals surface area contributed by atoms with Gasteiger partial charge in [0.05, 0.1) is 32.6 Å². The van der Waals surface area contributed by atoms with Gasteiger partial charge in [-0.3, -0.25) is 9.88 Å². The minimum Gasteiger partial charge on any atom is -0.496 e. The van der Waals surface area contributed by atoms with Crippen molar-refractivity contribution in [2.75, 3.05) is 57.1 Å². The number of pyridine rings is 1. The van der Waals surface area contributed by atoms with E-state index in [4.69, 9.17) is 26.8 Å². The third-order valence-electron chi connectivity index (χ3n) is 4.90. The van der Waals surface area contributed by atoms with Gasteiger partial charge in [0.2, 0.25) is 5.95 Å². The molecule has 1 aliphatic heterocycles. The van der Waals surface area contributed by atoms with Crippen molar-refractivity contribution in [3.8, 4) is 5.75 Å². The summed E-state index contributed by atoms with van der Waals surface area (Å²) in [5, 5.41) is 0.324. The van der Waals surface area contributed by atoms with E-state index in [0.29, 0.717) is 17.5 Å². The van der Waals surface area contributed by atoms with E-state index in [0.717, 1.165) is 62.0 Å². The second-order valence-corrected chi connectivity index (χ2v) is 7.22. The highest BCUT2D eigenvalue weighted by Crippen LogP contribution is 2.26. The van der Waals surface area contributed by atoms with E-state index in [1.807, 2.05) is 20.0 Å². The maximum absolute atomic E-state index is 6.13. The maximum Gasteiger partial charge on any atom is 0.223 e. The van der Waals surface area contributed by atoms with Gasteiger partial charge in [0.1, 0.15) is 16.7 Å². The Kier molecular flexibility index (Phi) is 6.88. The average molecular weight is 407 g/mol. The Morgan fingerprint density at radius 1 is 1.29 bits per heavy atom. The molecule has 1 saturated heterocycles. The van der Waals surface area contributed by atoms with Crippen LogP contribution in [0, 0.1) is 13.8 Å². The van der Waals surface area contributed by atoms with E-state index in [9.17, 15) is 0 Å². The number of anilines is 2. The highest BCUT2D eigenvalue weighted by atomic mass is 35.5. The summed E-state index contributed by atoms with van der Waals surface area (Å²) in [6, 6.07) is 1.73. The Bertz CT molecular complexity index is 793. The first-order valence-corrected chi connectivity index (χ1v) is 9.70. The van der Waals surface area contributed by atoms with Gasteiger partial charge in [-0.25, -0.2) is 4.98 Å². The zero-order valence-corrected chi connectivity index (χ0v) is 17.4. The molecule has 8 nitrogen and oxygen atoms in total. The van der Waals surface area contributed by atoms with Crippen molar-refractivity contribution in [3.05, 3.63) is 34.2 Å². The van der Waals surface area contributed by atoms with Crippen molar-refractivity contribution in [2.24, 2.45) is 0 Å². The first kappa shape index (κ1) is 20.6. The molecule has 0 saturated carbocycles. The number of nitrogen functional groups attached to an aromatic ring is 1. The Labute approximate surface area is 170 Å². The van der Waals surface area contributed by atoms with Gasteiger partial charge in [0, 0.05) is 49.6 Å². The quantitative estimate of drug-likeness (QED) is 0.699. The molecule has 1 aliphatic rings. The van der Waals surface area contributed by atoms with Crippen LogP contribution in [0.1, 0.15) is 16.8 Å². The van der Waals surface area contributed by atoms with Crippen molar-refractivity contribution in [3.63, 3.8) is 0 Å². The highest BCUT2D eigenvalue weighted by molar-refractivity contribution is 6.29. The molecule has 1 fully saturated rings. The van der Waals surface area contributed by atoms with Crippen molar-refractivity contribution in [2.45, 2.75) is 20.4 Å². The molecular weight excluding hydrogens is 380 g/mol. The maximum atomic E-state index is 6.13. The lowest BCUT2D eigenvalue weighted by Crippen LogP contribution is -2.41. The Balaban J connectivity index is 1.85. The number of morpholine rings is 1. The summed E-state index contributed by atoms with van der Waals surface area (Å²) in [7, 11) is 1.68. The number of nitrogens with two attached hydrogens (primary N) is 1. The average Bonchev–Trinajstić information content (AvgIpc) is 2.67. The minimum absolute atomic E-state index is 0.157. The van der Waals surface area contributed by atoms with Crippen LogP contribution in [0.5, 0.6) is 5.75 Å². The largest absolute Gasteiger partial charge is 0.496 e. The molecule has 0 bridgehead atoms. The van der Waals surface area contributed by atoms with E-state index in [1.54, 1.807) is 13.2 Å². The molecule has 0 aromatic carbocycles. The summed E-state index contributed by atoms with van der Waals surface area (Å²) in [6.07, 6.45) is 1.84. The van der Waals surface area contributed by atoms with Crippen LogP contribution in [-0.2, 0) is 11.3 Å². The number of aryl methyl sites for hydroxylation is 1. The summed E-state index contributed by atoms with van der Waals surface area (Å²) < 4.78 is 11.0. The van der Waals surface area contributed by atoms with E-state index in [2.05, 4.69) is 24.8 Å². The number of halogens is 1. The van der Waals surface area contributed by atoms with Crippen LogP contribution >= 0.6 is 11.6 Å². The molecule has 0 aliphatic carbocycles. The molecule has 0 amide bonds.